The van der Waals surface area contributed by atoms with Gasteiger partial charge >= 0.3 is 0 Å². The molecule has 3 heteroatoms. The molecule has 2 nitrogen and oxygen atoms in total. The quantitative estimate of drug-likeness (QED) is 0.847. The first kappa shape index (κ1) is 12.0. The van der Waals surface area contributed by atoms with E-state index in [-0.39, 0.29) is 0 Å². The summed E-state index contributed by atoms with van der Waals surface area (Å²) in [6.07, 6.45) is 2.23. The van der Waals surface area contributed by atoms with E-state index in [0.717, 1.165) is 18.7 Å². The lowest BCUT2D eigenvalue weighted by atomic mass is 9.99. The van der Waals surface area contributed by atoms with Crippen LogP contribution in [0, 0.1) is 0 Å². The van der Waals surface area contributed by atoms with Crippen molar-refractivity contribution in [3.8, 4) is 10.6 Å². The van der Waals surface area contributed by atoms with Gasteiger partial charge in [-0.1, -0.05) is 27.7 Å². The Kier molecular flexibility index (Phi) is 2.81. The predicted molar refractivity (Wildman–Crippen MR) is 77.5 cm³/mol. The lowest BCUT2D eigenvalue weighted by Gasteiger charge is -2.09. The monoisotopic (exact) mass is 260 g/mol. The smallest absolute Gasteiger partial charge is 0.109 e. The van der Waals surface area contributed by atoms with Gasteiger partial charge in [-0.25, -0.2) is 4.98 Å². The number of nitrogens with zero attached hydrogens (tertiary/aromatic N) is 1. The third-order valence-electron chi connectivity index (χ3n) is 3.60. The van der Waals surface area contributed by atoms with Crippen LogP contribution in [-0.4, -0.2) is 9.97 Å². The van der Waals surface area contributed by atoms with Crippen LogP contribution in [-0.2, 0) is 12.8 Å². The first-order valence-corrected chi connectivity index (χ1v) is 7.59. The van der Waals surface area contributed by atoms with Crippen molar-refractivity contribution in [2.24, 2.45) is 0 Å². The Morgan fingerprint density at radius 3 is 2.61 bits per heavy atom. The van der Waals surface area contributed by atoms with Gasteiger partial charge in [-0.2, -0.15) is 0 Å². The molecule has 2 aromatic heterocycles. The maximum absolute atomic E-state index is 4.75. The highest BCUT2D eigenvalue weighted by Crippen LogP contribution is 2.41. The van der Waals surface area contributed by atoms with Gasteiger partial charge < -0.3 is 4.98 Å². The fourth-order valence-electron chi connectivity index (χ4n) is 2.46. The number of aromatic amines is 1. The van der Waals surface area contributed by atoms with E-state index < -0.39 is 0 Å². The van der Waals surface area contributed by atoms with Gasteiger partial charge in [0.25, 0.3) is 0 Å². The van der Waals surface area contributed by atoms with Crippen LogP contribution in [0.25, 0.3) is 10.6 Å². The molecule has 0 saturated carbocycles. The maximum Gasteiger partial charge on any atom is 0.109 e. The number of hydrogen-bond donors (Lipinski definition) is 1. The van der Waals surface area contributed by atoms with Gasteiger partial charge in [0.05, 0.1) is 16.3 Å². The lowest BCUT2D eigenvalue weighted by Crippen LogP contribution is -2.00. The minimum Gasteiger partial charge on any atom is -0.341 e. The third-order valence-corrected chi connectivity index (χ3v) is 5.09. The van der Waals surface area contributed by atoms with Crippen molar-refractivity contribution >= 4 is 11.3 Å². The van der Waals surface area contributed by atoms with Gasteiger partial charge in [0, 0.05) is 10.8 Å². The van der Waals surface area contributed by atoms with E-state index in [2.05, 4.69) is 38.7 Å². The van der Waals surface area contributed by atoms with Crippen molar-refractivity contribution in [1.29, 1.82) is 0 Å². The number of fused-ring (bicyclic) bond motifs is 3. The Hall–Kier alpha value is -1.09. The first-order valence-electron chi connectivity index (χ1n) is 6.78. The fourth-order valence-corrected chi connectivity index (χ4v) is 3.69. The van der Waals surface area contributed by atoms with E-state index in [0.29, 0.717) is 11.8 Å². The van der Waals surface area contributed by atoms with Crippen LogP contribution in [0.1, 0.15) is 61.5 Å². The second-order valence-electron chi connectivity index (χ2n) is 5.76. The average Bonchev–Trinajstić information content (AvgIpc) is 2.91. The molecule has 96 valence electrons. The topological polar surface area (TPSA) is 28.7 Å². The molecule has 0 radical (unpaired) electrons. The molecule has 1 N–H and O–H groups in total. The number of H-pyrrole nitrogens is 1. The number of nitrogens with one attached hydrogen (secondary N) is 1. The predicted octanol–water partition coefficient (Wildman–Crippen LogP) is 4.48. The van der Waals surface area contributed by atoms with Crippen molar-refractivity contribution in [2.45, 2.75) is 52.4 Å². The molecule has 0 aromatic carbocycles. The van der Waals surface area contributed by atoms with E-state index in [9.17, 15) is 0 Å². The van der Waals surface area contributed by atoms with E-state index in [1.807, 2.05) is 11.3 Å². The fraction of sp³-hybridized carbons (Fsp3) is 0.533. The van der Waals surface area contributed by atoms with Crippen molar-refractivity contribution in [3.63, 3.8) is 0 Å². The Balaban J connectivity index is 2.10. The van der Waals surface area contributed by atoms with Crippen LogP contribution in [0.2, 0.25) is 0 Å². The lowest BCUT2D eigenvalue weighted by molar-refractivity contribution is 0.787. The molecule has 1 aliphatic carbocycles. The van der Waals surface area contributed by atoms with Gasteiger partial charge in [-0.05, 0) is 30.4 Å². The van der Waals surface area contributed by atoms with Crippen molar-refractivity contribution in [1.82, 2.24) is 9.97 Å². The van der Waals surface area contributed by atoms with Crippen molar-refractivity contribution in [2.75, 3.05) is 0 Å². The SMILES string of the molecule is CC(C)c1nc2c([nH]1)-c1sc(C(C)C)cc1CC2. The van der Waals surface area contributed by atoms with Crippen LogP contribution in [0.4, 0.5) is 0 Å². The summed E-state index contributed by atoms with van der Waals surface area (Å²) < 4.78 is 0. The van der Waals surface area contributed by atoms with Crippen LogP contribution >= 0.6 is 11.3 Å². The molecule has 0 amide bonds. The molecule has 18 heavy (non-hydrogen) atoms. The summed E-state index contributed by atoms with van der Waals surface area (Å²) in [5.74, 6) is 2.23. The second-order valence-corrected chi connectivity index (χ2v) is 6.84. The molecular formula is C15H20N2S. The summed E-state index contributed by atoms with van der Waals surface area (Å²) in [6.45, 7) is 8.92. The van der Waals surface area contributed by atoms with Crippen LogP contribution in [0.5, 0.6) is 0 Å². The molecule has 0 aliphatic heterocycles. The van der Waals surface area contributed by atoms with Crippen molar-refractivity contribution < 1.29 is 0 Å². The Morgan fingerprint density at radius 2 is 1.94 bits per heavy atom. The van der Waals surface area contributed by atoms with Crippen LogP contribution in [0.15, 0.2) is 6.07 Å². The molecule has 2 heterocycles. The van der Waals surface area contributed by atoms with E-state index >= 15 is 0 Å². The molecule has 0 fully saturated rings. The van der Waals surface area contributed by atoms with E-state index in [4.69, 9.17) is 4.98 Å². The minimum absolute atomic E-state index is 0.476. The number of rotatable bonds is 2. The normalized spacial score (nSPS) is 14.1. The number of aromatic nitrogens is 2. The highest BCUT2D eigenvalue weighted by molar-refractivity contribution is 7.15. The Bertz CT molecular complexity index is 523. The largest absolute Gasteiger partial charge is 0.341 e. The third kappa shape index (κ3) is 1.81. The zero-order chi connectivity index (χ0) is 12.9. The van der Waals surface area contributed by atoms with E-state index in [1.54, 1.807) is 0 Å². The summed E-state index contributed by atoms with van der Waals surface area (Å²) in [5, 5.41) is 0. The summed E-state index contributed by atoms with van der Waals surface area (Å²) in [5.41, 5.74) is 4.07. The summed E-state index contributed by atoms with van der Waals surface area (Å²) in [7, 11) is 0. The highest BCUT2D eigenvalue weighted by atomic mass is 32.1. The Morgan fingerprint density at radius 1 is 1.17 bits per heavy atom. The Labute approximate surface area is 112 Å². The number of imidazole rings is 1. The molecule has 0 atom stereocenters. The summed E-state index contributed by atoms with van der Waals surface area (Å²) in [6, 6.07) is 2.39. The zero-order valence-electron chi connectivity index (χ0n) is 11.5. The van der Waals surface area contributed by atoms with Crippen LogP contribution in [0.3, 0.4) is 0 Å². The number of thiophene rings is 1. The van der Waals surface area contributed by atoms with Gasteiger partial charge in [0.1, 0.15) is 5.82 Å². The molecule has 0 unspecified atom stereocenters. The van der Waals surface area contributed by atoms with Crippen molar-refractivity contribution in [3.05, 3.63) is 28.0 Å². The summed E-state index contributed by atoms with van der Waals surface area (Å²) >= 11 is 1.94. The number of aryl methyl sites for hydroxylation is 2. The zero-order valence-corrected chi connectivity index (χ0v) is 12.3. The van der Waals surface area contributed by atoms with Crippen LogP contribution < -0.4 is 0 Å². The van der Waals surface area contributed by atoms with Gasteiger partial charge in [-0.3, -0.25) is 0 Å². The second kappa shape index (κ2) is 4.23. The molecule has 1 aliphatic rings. The molecule has 0 spiro atoms. The molecule has 3 rings (SSSR count). The molecule has 2 aromatic rings. The molecule has 0 bridgehead atoms. The molecule has 0 saturated heterocycles. The summed E-state index contributed by atoms with van der Waals surface area (Å²) in [4.78, 5) is 11.2. The minimum atomic E-state index is 0.476. The van der Waals surface area contributed by atoms with E-state index in [1.165, 1.54) is 26.7 Å². The molecular weight excluding hydrogens is 240 g/mol. The van der Waals surface area contributed by atoms with Gasteiger partial charge in [0.2, 0.25) is 0 Å². The first-order chi connectivity index (χ1) is 8.56. The van der Waals surface area contributed by atoms with Gasteiger partial charge in [-0.15, -0.1) is 11.3 Å². The highest BCUT2D eigenvalue weighted by Gasteiger charge is 2.24. The maximum atomic E-state index is 4.75. The number of hydrogen-bond acceptors (Lipinski definition) is 2. The average molecular weight is 260 g/mol. The van der Waals surface area contributed by atoms with Gasteiger partial charge in [0.15, 0.2) is 0 Å². The standard InChI is InChI=1S/C15H20N2S/c1-8(2)12-7-10-5-6-11-13(14(10)18-12)17-15(16-11)9(3)4/h7-9H,5-6H2,1-4H3,(H,16,17).